The average Bonchev–Trinajstić information content (AvgIpc) is 2.45. The third-order valence-corrected chi connectivity index (χ3v) is 4.80. The van der Waals surface area contributed by atoms with Gasteiger partial charge in [0.25, 0.3) is 0 Å². The van der Waals surface area contributed by atoms with E-state index in [0.29, 0.717) is 12.5 Å². The van der Waals surface area contributed by atoms with Crippen LogP contribution in [0.15, 0.2) is 34.2 Å². The van der Waals surface area contributed by atoms with Crippen LogP contribution >= 0.6 is 24.0 Å². The highest BCUT2D eigenvalue weighted by atomic mass is 127. The number of unbranched alkanes of at least 4 members (excludes halogenated alkanes) is 1. The quantitative estimate of drug-likeness (QED) is 0.293. The van der Waals surface area contributed by atoms with E-state index in [2.05, 4.69) is 17.2 Å². The Morgan fingerprint density at radius 2 is 1.86 bits per heavy atom. The molecule has 0 saturated heterocycles. The van der Waals surface area contributed by atoms with Gasteiger partial charge in [0.15, 0.2) is 5.96 Å². The van der Waals surface area contributed by atoms with E-state index in [0.717, 1.165) is 24.9 Å². The Morgan fingerprint density at radius 3 is 2.36 bits per heavy atom. The molecule has 22 heavy (non-hydrogen) atoms. The first-order chi connectivity index (χ1) is 9.87. The molecule has 0 saturated carbocycles. The minimum Gasteiger partial charge on any atom is -0.370 e. The minimum absolute atomic E-state index is 0. The van der Waals surface area contributed by atoms with Gasteiger partial charge in [-0.15, -0.1) is 24.0 Å². The Morgan fingerprint density at radius 1 is 1.27 bits per heavy atom. The lowest BCUT2D eigenvalue weighted by Crippen LogP contribution is -2.32. The number of aliphatic imine (C=N–C) groups is 1. The SMILES string of the molecule is CCCCNC(N)=NCc1ccc(S(=O)(=O)N(C)C)cc1.I. The number of sulfonamides is 1. The Bertz CT molecular complexity index is 571. The van der Waals surface area contributed by atoms with Crippen LogP contribution in [0, 0.1) is 0 Å². The van der Waals surface area contributed by atoms with Gasteiger partial charge in [0.05, 0.1) is 11.4 Å². The molecule has 0 amide bonds. The molecule has 0 aromatic heterocycles. The van der Waals surface area contributed by atoms with Crippen LogP contribution in [0.3, 0.4) is 0 Å². The summed E-state index contributed by atoms with van der Waals surface area (Å²) in [7, 11) is -0.359. The predicted octanol–water partition coefficient (Wildman–Crippen LogP) is 1.76. The lowest BCUT2D eigenvalue weighted by atomic mass is 10.2. The minimum atomic E-state index is -3.38. The zero-order chi connectivity index (χ0) is 15.9. The molecule has 0 fully saturated rings. The van der Waals surface area contributed by atoms with Crippen LogP contribution in [0.4, 0.5) is 0 Å². The molecule has 0 atom stereocenters. The molecule has 1 aromatic carbocycles. The van der Waals surface area contributed by atoms with Crippen molar-refractivity contribution in [1.82, 2.24) is 9.62 Å². The lowest BCUT2D eigenvalue weighted by molar-refractivity contribution is 0.520. The zero-order valence-corrected chi connectivity index (χ0v) is 16.4. The molecule has 0 spiro atoms. The van der Waals surface area contributed by atoms with Gasteiger partial charge in [0, 0.05) is 20.6 Å². The molecule has 0 aliphatic carbocycles. The fourth-order valence-corrected chi connectivity index (χ4v) is 2.50. The van der Waals surface area contributed by atoms with Gasteiger partial charge in [-0.25, -0.2) is 17.7 Å². The van der Waals surface area contributed by atoms with Crippen molar-refractivity contribution >= 4 is 40.0 Å². The van der Waals surface area contributed by atoms with E-state index >= 15 is 0 Å². The van der Waals surface area contributed by atoms with Crippen LogP contribution in [0.25, 0.3) is 0 Å². The third-order valence-electron chi connectivity index (χ3n) is 2.97. The van der Waals surface area contributed by atoms with Crippen LogP contribution in [-0.2, 0) is 16.6 Å². The topological polar surface area (TPSA) is 87.8 Å². The standard InChI is InChI=1S/C14H24N4O2S.HI/c1-4-5-10-16-14(15)17-11-12-6-8-13(9-7-12)21(19,20)18(2)3;/h6-9H,4-5,10-11H2,1-3H3,(H3,15,16,17);1H. The largest absolute Gasteiger partial charge is 0.370 e. The molecule has 0 bridgehead atoms. The highest BCUT2D eigenvalue weighted by molar-refractivity contribution is 14.0. The normalized spacial score (nSPS) is 12.1. The van der Waals surface area contributed by atoms with Crippen molar-refractivity contribution in [3.8, 4) is 0 Å². The molecular weight excluding hydrogens is 415 g/mol. The van der Waals surface area contributed by atoms with E-state index < -0.39 is 10.0 Å². The van der Waals surface area contributed by atoms with E-state index in [9.17, 15) is 8.42 Å². The molecule has 0 aliphatic rings. The van der Waals surface area contributed by atoms with Crippen LogP contribution in [-0.4, -0.2) is 39.3 Å². The second kappa shape index (κ2) is 10.0. The second-order valence-electron chi connectivity index (χ2n) is 4.91. The summed E-state index contributed by atoms with van der Waals surface area (Å²) in [6, 6.07) is 6.67. The van der Waals surface area contributed by atoms with Crippen molar-refractivity contribution < 1.29 is 8.42 Å². The van der Waals surface area contributed by atoms with Crippen molar-refractivity contribution in [3.63, 3.8) is 0 Å². The van der Waals surface area contributed by atoms with Crippen LogP contribution < -0.4 is 11.1 Å². The first-order valence-electron chi connectivity index (χ1n) is 6.93. The monoisotopic (exact) mass is 440 g/mol. The van der Waals surface area contributed by atoms with Crippen LogP contribution in [0.1, 0.15) is 25.3 Å². The smallest absolute Gasteiger partial charge is 0.242 e. The van der Waals surface area contributed by atoms with E-state index in [-0.39, 0.29) is 28.9 Å². The van der Waals surface area contributed by atoms with Crippen molar-refractivity contribution in [3.05, 3.63) is 29.8 Å². The number of hydrogen-bond donors (Lipinski definition) is 2. The summed E-state index contributed by atoms with van der Waals surface area (Å²) in [6.45, 7) is 3.34. The number of nitrogens with one attached hydrogen (secondary N) is 1. The Balaban J connectivity index is 0.00000441. The highest BCUT2D eigenvalue weighted by Gasteiger charge is 2.16. The van der Waals surface area contributed by atoms with Gasteiger partial charge in [0.1, 0.15) is 0 Å². The molecule has 3 N–H and O–H groups in total. The third kappa shape index (κ3) is 6.49. The van der Waals surface area contributed by atoms with Gasteiger partial charge >= 0.3 is 0 Å². The van der Waals surface area contributed by atoms with Gasteiger partial charge in [-0.1, -0.05) is 25.5 Å². The number of rotatable bonds is 7. The van der Waals surface area contributed by atoms with Crippen LogP contribution in [0.5, 0.6) is 0 Å². The maximum atomic E-state index is 11.9. The van der Waals surface area contributed by atoms with Gasteiger partial charge in [-0.2, -0.15) is 0 Å². The average molecular weight is 440 g/mol. The Hall–Kier alpha value is -0.870. The molecule has 1 rings (SSSR count). The van der Waals surface area contributed by atoms with E-state index in [1.165, 1.54) is 18.4 Å². The van der Waals surface area contributed by atoms with Crippen molar-refractivity contribution in [1.29, 1.82) is 0 Å². The van der Waals surface area contributed by atoms with E-state index in [1.54, 1.807) is 24.3 Å². The highest BCUT2D eigenvalue weighted by Crippen LogP contribution is 2.14. The lowest BCUT2D eigenvalue weighted by Gasteiger charge is -2.11. The van der Waals surface area contributed by atoms with Crippen molar-refractivity contribution in [2.75, 3.05) is 20.6 Å². The number of nitrogens with zero attached hydrogens (tertiary/aromatic N) is 2. The van der Waals surface area contributed by atoms with Gasteiger partial charge in [-0.3, -0.25) is 0 Å². The molecule has 8 heteroatoms. The predicted molar refractivity (Wildman–Crippen MR) is 101 cm³/mol. The maximum absolute atomic E-state index is 11.9. The maximum Gasteiger partial charge on any atom is 0.242 e. The molecule has 6 nitrogen and oxygen atoms in total. The second-order valence-corrected chi connectivity index (χ2v) is 7.07. The molecule has 126 valence electrons. The van der Waals surface area contributed by atoms with Gasteiger partial charge < -0.3 is 11.1 Å². The summed E-state index contributed by atoms with van der Waals surface area (Å²) in [6.07, 6.45) is 2.15. The fraction of sp³-hybridized carbons (Fsp3) is 0.500. The van der Waals surface area contributed by atoms with Gasteiger partial charge in [-0.05, 0) is 24.1 Å². The van der Waals surface area contributed by atoms with Gasteiger partial charge in [0.2, 0.25) is 10.0 Å². The zero-order valence-electron chi connectivity index (χ0n) is 13.2. The molecule has 1 aromatic rings. The summed E-state index contributed by atoms with van der Waals surface area (Å²) in [5, 5.41) is 3.03. The summed E-state index contributed by atoms with van der Waals surface area (Å²) < 4.78 is 25.0. The molecule has 0 heterocycles. The number of nitrogens with two attached hydrogens (primary N) is 1. The Kier molecular flexibility index (Phi) is 9.61. The molecule has 0 unspecified atom stereocenters. The molecule has 0 aliphatic heterocycles. The number of guanidine groups is 1. The summed E-state index contributed by atoms with van der Waals surface area (Å²) in [5.41, 5.74) is 6.65. The first-order valence-corrected chi connectivity index (χ1v) is 8.37. The molecular formula is C14H25IN4O2S. The summed E-state index contributed by atoms with van der Waals surface area (Å²) in [5.74, 6) is 0.411. The first kappa shape index (κ1) is 21.1. The van der Waals surface area contributed by atoms with Crippen molar-refractivity contribution in [2.24, 2.45) is 10.7 Å². The molecule has 0 radical (unpaired) electrons. The summed E-state index contributed by atoms with van der Waals surface area (Å²) in [4.78, 5) is 4.49. The van der Waals surface area contributed by atoms with E-state index in [1.807, 2.05) is 0 Å². The number of benzene rings is 1. The number of halogens is 1. The Labute approximate surface area is 150 Å². The summed E-state index contributed by atoms with van der Waals surface area (Å²) >= 11 is 0. The van der Waals surface area contributed by atoms with Crippen LogP contribution in [0.2, 0.25) is 0 Å². The fourth-order valence-electron chi connectivity index (χ4n) is 1.60. The van der Waals surface area contributed by atoms with E-state index in [4.69, 9.17) is 5.73 Å². The van der Waals surface area contributed by atoms with Crippen molar-refractivity contribution in [2.45, 2.75) is 31.2 Å². The number of hydrogen-bond acceptors (Lipinski definition) is 3.